The number of carbonyl (C=O) groups is 1. The summed E-state index contributed by atoms with van der Waals surface area (Å²) in [4.78, 5) is 11.4. The van der Waals surface area contributed by atoms with E-state index >= 15 is 0 Å². The molecule has 3 heteroatoms. The van der Waals surface area contributed by atoms with E-state index in [0.29, 0.717) is 18.1 Å². The van der Waals surface area contributed by atoms with E-state index < -0.39 is 0 Å². The summed E-state index contributed by atoms with van der Waals surface area (Å²) in [5.74, 6) is 0.432. The summed E-state index contributed by atoms with van der Waals surface area (Å²) >= 11 is 0. The summed E-state index contributed by atoms with van der Waals surface area (Å²) in [6.07, 6.45) is 4.86. The molecule has 1 heterocycles. The molecule has 1 aliphatic carbocycles. The third kappa shape index (κ3) is 1.87. The van der Waals surface area contributed by atoms with Gasteiger partial charge in [-0.15, -0.1) is 0 Å². The lowest BCUT2D eigenvalue weighted by Crippen LogP contribution is -2.10. The van der Waals surface area contributed by atoms with Gasteiger partial charge in [-0.25, -0.2) is 4.79 Å². The van der Waals surface area contributed by atoms with Gasteiger partial charge in [-0.3, -0.25) is 0 Å². The molecular formula is C11H14O3. The number of rotatable bonds is 3. The van der Waals surface area contributed by atoms with Crippen LogP contribution in [0.3, 0.4) is 0 Å². The predicted molar refractivity (Wildman–Crippen MR) is 51.5 cm³/mol. The molecule has 2 aliphatic rings. The molecule has 76 valence electrons. The fourth-order valence-corrected chi connectivity index (χ4v) is 1.51. The minimum absolute atomic E-state index is 0.196. The minimum Gasteiger partial charge on any atom is -0.428 e. The first-order chi connectivity index (χ1) is 6.70. The second kappa shape index (κ2) is 3.58. The van der Waals surface area contributed by atoms with E-state index in [9.17, 15) is 4.79 Å². The standard InChI is InChI=1S/C11H14O3/c1-3-7(2)11(12)13-8-4-5-9-10(6-8)14-9/h6,9-10H,2-5H2,1H3. The summed E-state index contributed by atoms with van der Waals surface area (Å²) < 4.78 is 10.5. The summed E-state index contributed by atoms with van der Waals surface area (Å²) in [6.45, 7) is 5.52. The van der Waals surface area contributed by atoms with Crippen molar-refractivity contribution in [1.82, 2.24) is 0 Å². The Labute approximate surface area is 83.4 Å². The van der Waals surface area contributed by atoms with Crippen LogP contribution in [0.5, 0.6) is 0 Å². The molecule has 3 nitrogen and oxygen atoms in total. The molecule has 0 radical (unpaired) electrons. The molecule has 2 atom stereocenters. The smallest absolute Gasteiger partial charge is 0.338 e. The molecule has 14 heavy (non-hydrogen) atoms. The maximum atomic E-state index is 11.4. The summed E-state index contributed by atoms with van der Waals surface area (Å²) in [5.41, 5.74) is 0.518. The number of esters is 1. The van der Waals surface area contributed by atoms with Crippen LogP contribution in [0.4, 0.5) is 0 Å². The van der Waals surface area contributed by atoms with Crippen LogP contribution in [0.2, 0.25) is 0 Å². The van der Waals surface area contributed by atoms with Crippen LogP contribution in [0.15, 0.2) is 24.0 Å². The molecule has 0 bridgehead atoms. The van der Waals surface area contributed by atoms with E-state index in [2.05, 4.69) is 6.58 Å². The third-order valence-corrected chi connectivity index (χ3v) is 2.59. The molecule has 1 saturated heterocycles. The van der Waals surface area contributed by atoms with E-state index in [1.165, 1.54) is 0 Å². The van der Waals surface area contributed by atoms with Crippen LogP contribution in [-0.2, 0) is 14.3 Å². The fourth-order valence-electron chi connectivity index (χ4n) is 1.51. The van der Waals surface area contributed by atoms with Gasteiger partial charge in [0.05, 0.1) is 6.10 Å². The fraction of sp³-hybridized carbons (Fsp3) is 0.545. The Kier molecular flexibility index (Phi) is 2.42. The predicted octanol–water partition coefficient (Wildman–Crippen LogP) is 1.94. The van der Waals surface area contributed by atoms with Gasteiger partial charge in [0.25, 0.3) is 0 Å². The van der Waals surface area contributed by atoms with Crippen molar-refractivity contribution in [3.05, 3.63) is 24.0 Å². The van der Waals surface area contributed by atoms with E-state index in [0.717, 1.165) is 18.6 Å². The molecule has 0 N–H and O–H groups in total. The first-order valence-electron chi connectivity index (χ1n) is 4.97. The van der Waals surface area contributed by atoms with Gasteiger partial charge in [-0.1, -0.05) is 13.5 Å². The molecule has 0 aromatic heterocycles. The number of hydrogen-bond acceptors (Lipinski definition) is 3. The largest absolute Gasteiger partial charge is 0.428 e. The van der Waals surface area contributed by atoms with Crippen LogP contribution in [0, 0.1) is 0 Å². The second-order valence-corrected chi connectivity index (χ2v) is 3.66. The molecule has 2 rings (SSSR count). The molecule has 2 unspecified atom stereocenters. The lowest BCUT2D eigenvalue weighted by molar-refractivity contribution is -0.135. The number of fused-ring (bicyclic) bond motifs is 1. The Morgan fingerprint density at radius 1 is 1.79 bits per heavy atom. The number of allylic oxidation sites excluding steroid dienone is 1. The van der Waals surface area contributed by atoms with Gasteiger partial charge < -0.3 is 9.47 Å². The van der Waals surface area contributed by atoms with Crippen LogP contribution in [0.25, 0.3) is 0 Å². The summed E-state index contributed by atoms with van der Waals surface area (Å²) in [6, 6.07) is 0. The lowest BCUT2D eigenvalue weighted by Gasteiger charge is -2.10. The van der Waals surface area contributed by atoms with Gasteiger partial charge in [-0.05, 0) is 18.9 Å². The Morgan fingerprint density at radius 3 is 3.21 bits per heavy atom. The minimum atomic E-state index is -0.308. The van der Waals surface area contributed by atoms with Gasteiger partial charge in [-0.2, -0.15) is 0 Å². The number of hydrogen-bond donors (Lipinski definition) is 0. The van der Waals surface area contributed by atoms with E-state index in [4.69, 9.17) is 9.47 Å². The van der Waals surface area contributed by atoms with Crippen LogP contribution in [0.1, 0.15) is 26.2 Å². The summed E-state index contributed by atoms with van der Waals surface area (Å²) in [5, 5.41) is 0. The van der Waals surface area contributed by atoms with Crippen molar-refractivity contribution in [3.63, 3.8) is 0 Å². The highest BCUT2D eigenvalue weighted by molar-refractivity contribution is 5.88. The van der Waals surface area contributed by atoms with E-state index in [-0.39, 0.29) is 12.1 Å². The second-order valence-electron chi connectivity index (χ2n) is 3.66. The zero-order valence-electron chi connectivity index (χ0n) is 8.29. The van der Waals surface area contributed by atoms with Crippen molar-refractivity contribution in [3.8, 4) is 0 Å². The van der Waals surface area contributed by atoms with Gasteiger partial charge in [0.2, 0.25) is 0 Å². The van der Waals surface area contributed by atoms with Crippen LogP contribution < -0.4 is 0 Å². The Hall–Kier alpha value is -1.09. The van der Waals surface area contributed by atoms with Gasteiger partial charge in [0.1, 0.15) is 11.9 Å². The molecule has 0 spiro atoms. The maximum absolute atomic E-state index is 11.4. The van der Waals surface area contributed by atoms with Gasteiger partial charge in [0.15, 0.2) is 0 Å². The number of ether oxygens (including phenoxy) is 2. The van der Waals surface area contributed by atoms with E-state index in [1.807, 2.05) is 13.0 Å². The van der Waals surface area contributed by atoms with Crippen molar-refractivity contribution in [2.75, 3.05) is 0 Å². The maximum Gasteiger partial charge on any atom is 0.338 e. The molecule has 0 amide bonds. The first kappa shape index (κ1) is 9.46. The first-order valence-corrected chi connectivity index (χ1v) is 4.97. The van der Waals surface area contributed by atoms with Crippen LogP contribution in [-0.4, -0.2) is 18.2 Å². The molecule has 1 fully saturated rings. The summed E-state index contributed by atoms with van der Waals surface area (Å²) in [7, 11) is 0. The molecular weight excluding hydrogens is 180 g/mol. The van der Waals surface area contributed by atoms with Crippen molar-refractivity contribution in [2.24, 2.45) is 0 Å². The van der Waals surface area contributed by atoms with Crippen LogP contribution >= 0.6 is 0 Å². The number of carbonyl (C=O) groups excluding carboxylic acids is 1. The molecule has 0 saturated carbocycles. The van der Waals surface area contributed by atoms with E-state index in [1.54, 1.807) is 0 Å². The zero-order valence-corrected chi connectivity index (χ0v) is 8.29. The van der Waals surface area contributed by atoms with Crippen molar-refractivity contribution >= 4 is 5.97 Å². The number of epoxide rings is 1. The monoisotopic (exact) mass is 194 g/mol. The highest BCUT2D eigenvalue weighted by Gasteiger charge is 2.40. The third-order valence-electron chi connectivity index (χ3n) is 2.59. The quantitative estimate of drug-likeness (QED) is 0.391. The Balaban J connectivity index is 1.91. The zero-order chi connectivity index (χ0) is 10.1. The topological polar surface area (TPSA) is 38.8 Å². The van der Waals surface area contributed by atoms with Gasteiger partial charge in [0, 0.05) is 12.0 Å². The molecule has 0 aromatic rings. The Bertz CT molecular complexity index is 304. The average Bonchev–Trinajstić information content (AvgIpc) is 2.94. The van der Waals surface area contributed by atoms with Crippen molar-refractivity contribution in [1.29, 1.82) is 0 Å². The Morgan fingerprint density at radius 2 is 2.57 bits per heavy atom. The van der Waals surface area contributed by atoms with Crippen molar-refractivity contribution < 1.29 is 14.3 Å². The van der Waals surface area contributed by atoms with Gasteiger partial charge >= 0.3 is 5.97 Å². The lowest BCUT2D eigenvalue weighted by atomic mass is 10.1. The SMILES string of the molecule is C=C(CC)C(=O)OC1=CC2OC2CC1. The molecule has 1 aliphatic heterocycles. The average molecular weight is 194 g/mol. The molecule has 0 aromatic carbocycles. The van der Waals surface area contributed by atoms with Crippen molar-refractivity contribution in [2.45, 2.75) is 38.4 Å². The highest BCUT2D eigenvalue weighted by atomic mass is 16.6. The normalized spacial score (nSPS) is 28.8. The highest BCUT2D eigenvalue weighted by Crippen LogP contribution is 2.35.